The number of thioether (sulfide) groups is 1. The molecule has 0 aliphatic carbocycles. The average Bonchev–Trinajstić information content (AvgIpc) is 2.51. The zero-order valence-corrected chi connectivity index (χ0v) is 13.8. The molecule has 0 amide bonds. The van der Waals surface area contributed by atoms with E-state index in [0.717, 1.165) is 43.1 Å². The summed E-state index contributed by atoms with van der Waals surface area (Å²) in [5.74, 6) is 10.5. The third kappa shape index (κ3) is 4.72. The van der Waals surface area contributed by atoms with E-state index in [1.165, 1.54) is 24.6 Å². The summed E-state index contributed by atoms with van der Waals surface area (Å²) in [4.78, 5) is 11.5. The first kappa shape index (κ1) is 16.3. The molecule has 21 heavy (non-hydrogen) atoms. The van der Waals surface area contributed by atoms with Gasteiger partial charge in [-0.3, -0.25) is 4.90 Å². The van der Waals surface area contributed by atoms with E-state index in [2.05, 4.69) is 32.5 Å². The van der Waals surface area contributed by atoms with Gasteiger partial charge in [0.15, 0.2) is 0 Å². The first-order chi connectivity index (χ1) is 10.2. The fourth-order valence-electron chi connectivity index (χ4n) is 2.37. The highest BCUT2D eigenvalue weighted by Crippen LogP contribution is 2.19. The lowest BCUT2D eigenvalue weighted by Crippen LogP contribution is -2.36. The lowest BCUT2D eigenvalue weighted by Gasteiger charge is -2.26. The molecule has 2 rings (SSSR count). The van der Waals surface area contributed by atoms with Gasteiger partial charge in [-0.1, -0.05) is 6.92 Å². The fraction of sp³-hybridized carbons (Fsp3) is 0.714. The number of hydrogen-bond acceptors (Lipinski definition) is 7. The smallest absolute Gasteiger partial charge is 0.148 e. The maximum absolute atomic E-state index is 5.55. The molecule has 1 aromatic rings. The second-order valence-electron chi connectivity index (χ2n) is 5.24. The van der Waals surface area contributed by atoms with Crippen LogP contribution in [0.25, 0.3) is 0 Å². The molecular formula is C14H26N6S. The Labute approximate surface area is 131 Å². The van der Waals surface area contributed by atoms with Crippen molar-refractivity contribution in [3.63, 3.8) is 0 Å². The summed E-state index contributed by atoms with van der Waals surface area (Å²) in [5, 5.41) is 3.44. The van der Waals surface area contributed by atoms with Crippen molar-refractivity contribution in [2.45, 2.75) is 26.7 Å². The van der Waals surface area contributed by atoms with Gasteiger partial charge in [-0.2, -0.15) is 11.8 Å². The van der Waals surface area contributed by atoms with E-state index in [1.54, 1.807) is 0 Å². The third-order valence-electron chi connectivity index (χ3n) is 3.63. The summed E-state index contributed by atoms with van der Waals surface area (Å²) < 4.78 is 0. The number of hydrazine groups is 1. The minimum atomic E-state index is 0.713. The number of rotatable bonds is 7. The molecule has 0 bridgehead atoms. The summed E-state index contributed by atoms with van der Waals surface area (Å²) in [5.41, 5.74) is 3.65. The van der Waals surface area contributed by atoms with Gasteiger partial charge in [0.05, 0.1) is 0 Å². The molecule has 1 aliphatic rings. The van der Waals surface area contributed by atoms with Gasteiger partial charge in [-0.25, -0.2) is 15.8 Å². The van der Waals surface area contributed by atoms with Gasteiger partial charge in [-0.15, -0.1) is 0 Å². The van der Waals surface area contributed by atoms with Crippen molar-refractivity contribution in [3.05, 3.63) is 11.4 Å². The second kappa shape index (κ2) is 8.41. The number of nitrogens with zero attached hydrogens (tertiary/aromatic N) is 3. The molecule has 0 saturated carbocycles. The maximum atomic E-state index is 5.55. The summed E-state index contributed by atoms with van der Waals surface area (Å²) in [7, 11) is 0. The highest BCUT2D eigenvalue weighted by Gasteiger charge is 2.12. The molecule has 0 aromatic carbocycles. The zero-order chi connectivity index (χ0) is 15.1. The normalized spacial score (nSPS) is 16.0. The Balaban J connectivity index is 1.95. The third-order valence-corrected chi connectivity index (χ3v) is 4.57. The Hall–Kier alpha value is -1.05. The first-order valence-corrected chi connectivity index (χ1v) is 8.78. The Kier molecular flexibility index (Phi) is 6.53. The van der Waals surface area contributed by atoms with Crippen LogP contribution in [-0.2, 0) is 6.42 Å². The molecule has 2 heterocycles. The van der Waals surface area contributed by atoms with Crippen LogP contribution >= 0.6 is 11.8 Å². The van der Waals surface area contributed by atoms with Crippen LogP contribution in [0.3, 0.4) is 0 Å². The van der Waals surface area contributed by atoms with Crippen molar-refractivity contribution < 1.29 is 0 Å². The summed E-state index contributed by atoms with van der Waals surface area (Å²) in [6.45, 7) is 8.44. The Morgan fingerprint density at radius 3 is 2.62 bits per heavy atom. The highest BCUT2D eigenvalue weighted by molar-refractivity contribution is 7.99. The summed E-state index contributed by atoms with van der Waals surface area (Å²) in [6, 6.07) is 0. The number of nitrogens with one attached hydrogen (secondary N) is 2. The molecule has 1 saturated heterocycles. The SMILES string of the molecule is CCCc1nc(NN)c(C)c(NCCN2CCSCC2)n1. The van der Waals surface area contributed by atoms with Gasteiger partial charge in [0, 0.05) is 49.7 Å². The highest BCUT2D eigenvalue weighted by atomic mass is 32.2. The lowest BCUT2D eigenvalue weighted by molar-refractivity contribution is 0.314. The van der Waals surface area contributed by atoms with Crippen LogP contribution in [0.4, 0.5) is 11.6 Å². The molecule has 6 nitrogen and oxygen atoms in total. The van der Waals surface area contributed by atoms with Crippen molar-refractivity contribution in [1.29, 1.82) is 0 Å². The van der Waals surface area contributed by atoms with Gasteiger partial charge < -0.3 is 10.7 Å². The largest absolute Gasteiger partial charge is 0.368 e. The van der Waals surface area contributed by atoms with Crippen LogP contribution in [0.1, 0.15) is 24.7 Å². The molecule has 1 aliphatic heterocycles. The van der Waals surface area contributed by atoms with Gasteiger partial charge in [0.1, 0.15) is 17.5 Å². The second-order valence-corrected chi connectivity index (χ2v) is 6.46. The maximum Gasteiger partial charge on any atom is 0.148 e. The summed E-state index contributed by atoms with van der Waals surface area (Å²) >= 11 is 2.04. The van der Waals surface area contributed by atoms with Gasteiger partial charge in [0.2, 0.25) is 0 Å². The fourth-order valence-corrected chi connectivity index (χ4v) is 3.35. The van der Waals surface area contributed by atoms with E-state index in [4.69, 9.17) is 5.84 Å². The molecule has 0 spiro atoms. The van der Waals surface area contributed by atoms with Crippen LogP contribution in [0.5, 0.6) is 0 Å². The quantitative estimate of drug-likeness (QED) is 0.520. The van der Waals surface area contributed by atoms with Crippen LogP contribution in [0.15, 0.2) is 0 Å². The predicted octanol–water partition coefficient (Wildman–Crippen LogP) is 1.48. The van der Waals surface area contributed by atoms with Crippen molar-refractivity contribution in [3.8, 4) is 0 Å². The van der Waals surface area contributed by atoms with E-state index in [-0.39, 0.29) is 0 Å². The monoisotopic (exact) mass is 310 g/mol. The van der Waals surface area contributed by atoms with Gasteiger partial charge in [0.25, 0.3) is 0 Å². The molecular weight excluding hydrogens is 284 g/mol. The van der Waals surface area contributed by atoms with Crippen molar-refractivity contribution >= 4 is 23.4 Å². The van der Waals surface area contributed by atoms with E-state index >= 15 is 0 Å². The number of hydrogen-bond donors (Lipinski definition) is 3. The Bertz CT molecular complexity index is 447. The first-order valence-electron chi connectivity index (χ1n) is 7.62. The predicted molar refractivity (Wildman–Crippen MR) is 90.8 cm³/mol. The number of aromatic nitrogens is 2. The Morgan fingerprint density at radius 2 is 1.95 bits per heavy atom. The number of aryl methyl sites for hydroxylation is 1. The van der Waals surface area contributed by atoms with Gasteiger partial charge >= 0.3 is 0 Å². The minimum Gasteiger partial charge on any atom is -0.368 e. The van der Waals surface area contributed by atoms with Crippen molar-refractivity contribution in [2.75, 3.05) is 48.4 Å². The lowest BCUT2D eigenvalue weighted by atomic mass is 10.2. The zero-order valence-electron chi connectivity index (χ0n) is 13.0. The molecule has 0 atom stereocenters. The van der Waals surface area contributed by atoms with Gasteiger partial charge in [-0.05, 0) is 13.3 Å². The van der Waals surface area contributed by atoms with Crippen LogP contribution < -0.4 is 16.6 Å². The van der Waals surface area contributed by atoms with Crippen LogP contribution in [0.2, 0.25) is 0 Å². The number of anilines is 2. The van der Waals surface area contributed by atoms with E-state index in [9.17, 15) is 0 Å². The van der Waals surface area contributed by atoms with E-state index in [0.29, 0.717) is 5.82 Å². The molecule has 7 heteroatoms. The van der Waals surface area contributed by atoms with Crippen LogP contribution in [-0.4, -0.2) is 52.6 Å². The molecule has 1 aromatic heterocycles. The molecule has 4 N–H and O–H groups in total. The summed E-state index contributed by atoms with van der Waals surface area (Å²) in [6.07, 6.45) is 1.89. The Morgan fingerprint density at radius 1 is 1.24 bits per heavy atom. The van der Waals surface area contributed by atoms with Crippen molar-refractivity contribution in [2.24, 2.45) is 5.84 Å². The number of nitrogens with two attached hydrogens (primary N) is 1. The molecule has 1 fully saturated rings. The standard InChI is InChI=1S/C14H26N6S/c1-3-4-12-17-13(11(2)14(18-12)19-15)16-5-6-20-7-9-21-10-8-20/h3-10,15H2,1-2H3,(H2,16,17,18,19). The topological polar surface area (TPSA) is 79.1 Å². The van der Waals surface area contributed by atoms with Crippen molar-refractivity contribution in [1.82, 2.24) is 14.9 Å². The average molecular weight is 310 g/mol. The number of nitrogen functional groups attached to an aromatic ring is 1. The molecule has 0 radical (unpaired) electrons. The van der Waals surface area contributed by atoms with E-state index in [1.807, 2.05) is 18.7 Å². The van der Waals surface area contributed by atoms with E-state index < -0.39 is 0 Å². The molecule has 118 valence electrons. The minimum absolute atomic E-state index is 0.713. The molecule has 0 unspecified atom stereocenters. The van der Waals surface area contributed by atoms with Crippen LogP contribution in [0, 0.1) is 6.92 Å².